The fourth-order valence-electron chi connectivity index (χ4n) is 1.59. The topological polar surface area (TPSA) is 78.9 Å². The van der Waals surface area contributed by atoms with Crippen LogP contribution in [-0.2, 0) is 4.79 Å². The van der Waals surface area contributed by atoms with E-state index in [4.69, 9.17) is 10.9 Å². The smallest absolute Gasteiger partial charge is 0.226 e. The van der Waals surface area contributed by atoms with Gasteiger partial charge in [0.05, 0.1) is 6.04 Å². The Bertz CT molecular complexity index is 274. The molecule has 1 rings (SSSR count). The van der Waals surface area contributed by atoms with Gasteiger partial charge in [-0.3, -0.25) is 4.79 Å². The molecule has 1 aliphatic rings. The molecule has 5 heteroatoms. The van der Waals surface area contributed by atoms with Gasteiger partial charge in [0.15, 0.2) is 5.84 Å². The van der Waals surface area contributed by atoms with Crippen molar-refractivity contribution in [2.24, 2.45) is 22.7 Å². The summed E-state index contributed by atoms with van der Waals surface area (Å²) in [6.45, 7) is 3.68. The molecule has 1 amide bonds. The number of carbonyl (C=O) groups is 1. The van der Waals surface area contributed by atoms with Gasteiger partial charge in [-0.2, -0.15) is 0 Å². The molecule has 0 aromatic heterocycles. The van der Waals surface area contributed by atoms with Crippen LogP contribution in [0.2, 0.25) is 0 Å². The van der Waals surface area contributed by atoms with E-state index < -0.39 is 0 Å². The number of rotatable bonds is 4. The average molecular weight is 213 g/mol. The number of amides is 1. The lowest BCUT2D eigenvalue weighted by molar-refractivity contribution is -0.135. The quantitative estimate of drug-likeness (QED) is 0.311. The highest BCUT2D eigenvalue weighted by Crippen LogP contribution is 2.37. The molecule has 0 spiro atoms. The molecule has 1 fully saturated rings. The van der Waals surface area contributed by atoms with Crippen LogP contribution < -0.4 is 5.73 Å². The average Bonchev–Trinajstić information content (AvgIpc) is 3.07. The SMILES string of the molecule is CC(C(=O)N(C)C(C)C(N)=NO)C1CC1. The minimum absolute atomic E-state index is 0.0453. The van der Waals surface area contributed by atoms with E-state index >= 15 is 0 Å². The first-order valence-corrected chi connectivity index (χ1v) is 5.23. The summed E-state index contributed by atoms with van der Waals surface area (Å²) in [4.78, 5) is 13.5. The molecule has 5 nitrogen and oxygen atoms in total. The van der Waals surface area contributed by atoms with E-state index in [-0.39, 0.29) is 23.7 Å². The lowest BCUT2D eigenvalue weighted by atomic mass is 10.0. The van der Waals surface area contributed by atoms with Gasteiger partial charge in [0, 0.05) is 13.0 Å². The van der Waals surface area contributed by atoms with Gasteiger partial charge in [0.2, 0.25) is 5.91 Å². The number of hydrogen-bond acceptors (Lipinski definition) is 3. The normalized spacial score (nSPS) is 20.9. The first kappa shape index (κ1) is 11.8. The molecule has 0 bridgehead atoms. The zero-order chi connectivity index (χ0) is 11.6. The van der Waals surface area contributed by atoms with Crippen molar-refractivity contribution in [2.45, 2.75) is 32.7 Å². The van der Waals surface area contributed by atoms with E-state index in [0.717, 1.165) is 12.8 Å². The molecule has 0 radical (unpaired) electrons. The standard InChI is InChI=1S/C10H19N3O2/c1-6(8-4-5-8)10(14)13(3)7(2)9(11)12-15/h6-8,15H,4-5H2,1-3H3,(H2,11,12). The molecule has 0 aromatic rings. The fourth-order valence-corrected chi connectivity index (χ4v) is 1.59. The Morgan fingerprint density at radius 3 is 2.47 bits per heavy atom. The number of nitrogens with two attached hydrogens (primary N) is 1. The van der Waals surface area contributed by atoms with Crippen molar-refractivity contribution in [3.63, 3.8) is 0 Å². The van der Waals surface area contributed by atoms with Crippen molar-refractivity contribution in [3.05, 3.63) is 0 Å². The van der Waals surface area contributed by atoms with Crippen LogP contribution in [0, 0.1) is 11.8 Å². The summed E-state index contributed by atoms with van der Waals surface area (Å²) in [5.41, 5.74) is 5.45. The first-order chi connectivity index (χ1) is 6.99. The third-order valence-electron chi connectivity index (χ3n) is 3.19. The van der Waals surface area contributed by atoms with Crippen molar-refractivity contribution >= 4 is 11.7 Å². The van der Waals surface area contributed by atoms with Gasteiger partial charge in [0.25, 0.3) is 0 Å². The molecule has 0 saturated heterocycles. The van der Waals surface area contributed by atoms with Crippen LogP contribution in [0.15, 0.2) is 5.16 Å². The van der Waals surface area contributed by atoms with Crippen LogP contribution in [-0.4, -0.2) is 34.9 Å². The first-order valence-electron chi connectivity index (χ1n) is 5.23. The second kappa shape index (κ2) is 4.51. The van der Waals surface area contributed by atoms with Crippen molar-refractivity contribution in [1.29, 1.82) is 0 Å². The van der Waals surface area contributed by atoms with Gasteiger partial charge in [-0.1, -0.05) is 12.1 Å². The second-order valence-electron chi connectivity index (χ2n) is 4.28. The zero-order valence-corrected chi connectivity index (χ0v) is 9.47. The van der Waals surface area contributed by atoms with Crippen LogP contribution >= 0.6 is 0 Å². The third-order valence-corrected chi connectivity index (χ3v) is 3.19. The van der Waals surface area contributed by atoms with Crippen molar-refractivity contribution in [2.75, 3.05) is 7.05 Å². The minimum Gasteiger partial charge on any atom is -0.409 e. The van der Waals surface area contributed by atoms with Crippen LogP contribution in [0.1, 0.15) is 26.7 Å². The molecule has 2 atom stereocenters. The molecule has 2 unspecified atom stereocenters. The Hall–Kier alpha value is -1.26. The Kier molecular flexibility index (Phi) is 3.55. The molecule has 1 aliphatic carbocycles. The van der Waals surface area contributed by atoms with Crippen LogP contribution in [0.4, 0.5) is 0 Å². The summed E-state index contributed by atoms with van der Waals surface area (Å²) in [5.74, 6) is 0.703. The van der Waals surface area contributed by atoms with Gasteiger partial charge in [-0.25, -0.2) is 0 Å². The monoisotopic (exact) mass is 213 g/mol. The van der Waals surface area contributed by atoms with Gasteiger partial charge in [-0.05, 0) is 25.7 Å². The zero-order valence-electron chi connectivity index (χ0n) is 9.47. The Labute approximate surface area is 89.9 Å². The van der Waals surface area contributed by atoms with Crippen molar-refractivity contribution in [3.8, 4) is 0 Å². The Morgan fingerprint density at radius 2 is 2.07 bits per heavy atom. The second-order valence-corrected chi connectivity index (χ2v) is 4.28. The Morgan fingerprint density at radius 1 is 1.53 bits per heavy atom. The number of nitrogens with zero attached hydrogens (tertiary/aromatic N) is 2. The van der Waals surface area contributed by atoms with Gasteiger partial charge < -0.3 is 15.8 Å². The van der Waals surface area contributed by atoms with E-state index in [1.807, 2.05) is 6.92 Å². The number of carbonyl (C=O) groups excluding carboxylic acids is 1. The maximum Gasteiger partial charge on any atom is 0.226 e. The minimum atomic E-state index is -0.358. The summed E-state index contributed by atoms with van der Waals surface area (Å²) < 4.78 is 0. The molecule has 0 aliphatic heterocycles. The summed E-state index contributed by atoms with van der Waals surface area (Å²) >= 11 is 0. The summed E-state index contributed by atoms with van der Waals surface area (Å²) in [7, 11) is 1.68. The maximum absolute atomic E-state index is 11.9. The van der Waals surface area contributed by atoms with E-state index in [1.54, 1.807) is 14.0 Å². The predicted molar refractivity (Wildman–Crippen MR) is 57.5 cm³/mol. The maximum atomic E-state index is 11.9. The molecular weight excluding hydrogens is 194 g/mol. The van der Waals surface area contributed by atoms with Crippen LogP contribution in [0.3, 0.4) is 0 Å². The Balaban J connectivity index is 2.58. The van der Waals surface area contributed by atoms with Crippen molar-refractivity contribution in [1.82, 2.24) is 4.90 Å². The lowest BCUT2D eigenvalue weighted by Gasteiger charge is -2.26. The highest BCUT2D eigenvalue weighted by atomic mass is 16.4. The number of oxime groups is 1. The summed E-state index contributed by atoms with van der Waals surface area (Å²) in [6, 6.07) is -0.358. The number of likely N-dealkylation sites (N-methyl/N-ethyl adjacent to an activating group) is 1. The summed E-state index contributed by atoms with van der Waals surface area (Å²) in [6.07, 6.45) is 2.28. The molecule has 86 valence electrons. The van der Waals surface area contributed by atoms with Crippen LogP contribution in [0.25, 0.3) is 0 Å². The van der Waals surface area contributed by atoms with Crippen molar-refractivity contribution < 1.29 is 10.0 Å². The van der Waals surface area contributed by atoms with Gasteiger partial charge in [0.1, 0.15) is 0 Å². The highest BCUT2D eigenvalue weighted by molar-refractivity contribution is 5.90. The largest absolute Gasteiger partial charge is 0.409 e. The lowest BCUT2D eigenvalue weighted by Crippen LogP contribution is -2.46. The molecule has 1 saturated carbocycles. The molecule has 0 heterocycles. The molecule has 0 aromatic carbocycles. The van der Waals surface area contributed by atoms with E-state index in [0.29, 0.717) is 5.92 Å². The number of amidine groups is 1. The van der Waals surface area contributed by atoms with Gasteiger partial charge >= 0.3 is 0 Å². The van der Waals surface area contributed by atoms with E-state index in [9.17, 15) is 4.79 Å². The van der Waals surface area contributed by atoms with Gasteiger partial charge in [-0.15, -0.1) is 0 Å². The van der Waals surface area contributed by atoms with E-state index in [1.165, 1.54) is 4.90 Å². The molecule has 15 heavy (non-hydrogen) atoms. The predicted octanol–water partition coefficient (Wildman–Crippen LogP) is 0.626. The van der Waals surface area contributed by atoms with E-state index in [2.05, 4.69) is 5.16 Å². The fraction of sp³-hybridized carbons (Fsp3) is 0.800. The number of hydrogen-bond donors (Lipinski definition) is 2. The third kappa shape index (κ3) is 2.61. The summed E-state index contributed by atoms with van der Waals surface area (Å²) in [5, 5.41) is 11.4. The van der Waals surface area contributed by atoms with Crippen LogP contribution in [0.5, 0.6) is 0 Å². The molecular formula is C10H19N3O2. The highest BCUT2D eigenvalue weighted by Gasteiger charge is 2.35. The molecule has 3 N–H and O–H groups in total.